The number of nitrogens with two attached hydrogens (primary N) is 1. The molecule has 0 fully saturated rings. The fraction of sp³-hybridized carbons (Fsp3) is 0.227. The van der Waals surface area contributed by atoms with Crippen molar-refractivity contribution < 1.29 is 0 Å². The molecule has 0 atom stereocenters. The zero-order chi connectivity index (χ0) is 22.6. The van der Waals surface area contributed by atoms with Crippen LogP contribution in [0.3, 0.4) is 0 Å². The predicted octanol–water partition coefficient (Wildman–Crippen LogP) is 4.25. The second kappa shape index (κ2) is 7.93. The minimum Gasteiger partial charge on any atom is -0.383 e. The van der Waals surface area contributed by atoms with E-state index in [1.807, 2.05) is 30.5 Å². The van der Waals surface area contributed by atoms with Crippen LogP contribution in [0, 0.1) is 10.6 Å². The molecule has 4 heterocycles. The lowest BCUT2D eigenvalue weighted by molar-refractivity contribution is 0.643. The highest BCUT2D eigenvalue weighted by molar-refractivity contribution is 14.1. The molecule has 5 aromatic rings. The largest absolute Gasteiger partial charge is 0.383 e. The van der Waals surface area contributed by atoms with Gasteiger partial charge >= 0.3 is 0 Å². The van der Waals surface area contributed by atoms with Gasteiger partial charge in [-0.1, -0.05) is 32.0 Å². The standard InChI is InChI=1S/C22H20IN7OS/c1-11(2)13-6-4-5-7-14(13)30-15(27-21-16(22(30)31)12(3)9-32-21)8-29-20-17(18(23)28-29)19(24)25-10-26-20/h4-7,9-11H,8H2,1-3H3,(H2,24,25,26). The van der Waals surface area contributed by atoms with Crippen molar-refractivity contribution in [3.05, 3.63) is 67.0 Å². The number of halogens is 1. The van der Waals surface area contributed by atoms with Gasteiger partial charge in [-0.25, -0.2) is 19.6 Å². The van der Waals surface area contributed by atoms with Crippen molar-refractivity contribution >= 4 is 61.0 Å². The summed E-state index contributed by atoms with van der Waals surface area (Å²) in [7, 11) is 0. The molecule has 0 aliphatic carbocycles. The molecule has 0 saturated carbocycles. The lowest BCUT2D eigenvalue weighted by atomic mass is 10.0. The lowest BCUT2D eigenvalue weighted by Gasteiger charge is -2.18. The number of fused-ring (bicyclic) bond motifs is 2. The molecule has 0 unspecified atom stereocenters. The minimum absolute atomic E-state index is 0.0721. The molecule has 4 aromatic heterocycles. The van der Waals surface area contributed by atoms with Crippen LogP contribution in [-0.2, 0) is 6.54 Å². The van der Waals surface area contributed by atoms with Gasteiger partial charge in [-0.05, 0) is 58.0 Å². The summed E-state index contributed by atoms with van der Waals surface area (Å²) in [6, 6.07) is 7.97. The Morgan fingerprint density at radius 3 is 2.75 bits per heavy atom. The van der Waals surface area contributed by atoms with Gasteiger partial charge in [0.15, 0.2) is 5.65 Å². The van der Waals surface area contributed by atoms with E-state index in [2.05, 4.69) is 57.6 Å². The van der Waals surface area contributed by atoms with Gasteiger partial charge in [0.05, 0.1) is 16.5 Å². The third-order valence-corrected chi connectivity index (χ3v) is 7.21. The van der Waals surface area contributed by atoms with Crippen molar-refractivity contribution in [3.8, 4) is 5.69 Å². The predicted molar refractivity (Wildman–Crippen MR) is 136 cm³/mol. The maximum Gasteiger partial charge on any atom is 0.267 e. The first-order chi connectivity index (χ1) is 15.4. The fourth-order valence-corrected chi connectivity index (χ4v) is 5.64. The number of anilines is 1. The van der Waals surface area contributed by atoms with E-state index in [1.54, 1.807) is 9.25 Å². The topological polar surface area (TPSA) is 105 Å². The molecule has 0 spiro atoms. The number of rotatable bonds is 4. The van der Waals surface area contributed by atoms with Gasteiger partial charge in [-0.3, -0.25) is 9.36 Å². The number of benzene rings is 1. The number of hydrogen-bond acceptors (Lipinski definition) is 7. The van der Waals surface area contributed by atoms with E-state index in [0.717, 1.165) is 21.6 Å². The Balaban J connectivity index is 1.81. The molecule has 10 heteroatoms. The molecule has 0 radical (unpaired) electrons. The average Bonchev–Trinajstić information content (AvgIpc) is 3.29. The van der Waals surface area contributed by atoms with Gasteiger partial charge < -0.3 is 5.73 Å². The van der Waals surface area contributed by atoms with Gasteiger partial charge in [0.1, 0.15) is 33.0 Å². The van der Waals surface area contributed by atoms with Gasteiger partial charge in [-0.15, -0.1) is 11.3 Å². The Morgan fingerprint density at radius 1 is 1.19 bits per heavy atom. The van der Waals surface area contributed by atoms with E-state index < -0.39 is 0 Å². The number of aryl methyl sites for hydroxylation is 1. The molecule has 0 aliphatic heterocycles. The first-order valence-corrected chi connectivity index (χ1v) is 12.0. The van der Waals surface area contributed by atoms with Gasteiger partial charge in [0.25, 0.3) is 5.56 Å². The number of thiophene rings is 1. The summed E-state index contributed by atoms with van der Waals surface area (Å²) in [5.74, 6) is 1.21. The molecule has 0 aliphatic rings. The smallest absolute Gasteiger partial charge is 0.267 e. The monoisotopic (exact) mass is 557 g/mol. The molecule has 162 valence electrons. The Hall–Kier alpha value is -2.86. The summed E-state index contributed by atoms with van der Waals surface area (Å²) >= 11 is 3.60. The first kappa shape index (κ1) is 21.0. The molecule has 0 amide bonds. The molecule has 1 aromatic carbocycles. The third kappa shape index (κ3) is 3.28. The number of nitrogen functional groups attached to an aromatic ring is 1. The average molecular weight is 557 g/mol. The molecular weight excluding hydrogens is 537 g/mol. The number of nitrogens with zero attached hydrogens (tertiary/aromatic N) is 6. The maximum absolute atomic E-state index is 13.8. The van der Waals surface area contributed by atoms with Gasteiger partial charge in [0.2, 0.25) is 0 Å². The Labute approximate surface area is 201 Å². The van der Waals surface area contributed by atoms with E-state index in [4.69, 9.17) is 10.7 Å². The summed E-state index contributed by atoms with van der Waals surface area (Å²) in [6.07, 6.45) is 1.42. The van der Waals surface area contributed by atoms with E-state index in [-0.39, 0.29) is 18.0 Å². The summed E-state index contributed by atoms with van der Waals surface area (Å²) in [4.78, 5) is 27.9. The third-order valence-electron chi connectivity index (χ3n) is 5.47. The molecular formula is C22H20IN7OS. The van der Waals surface area contributed by atoms with Crippen molar-refractivity contribution in [2.75, 3.05) is 5.73 Å². The number of aromatic nitrogens is 6. The summed E-state index contributed by atoms with van der Waals surface area (Å²) < 4.78 is 4.17. The lowest BCUT2D eigenvalue weighted by Crippen LogP contribution is -2.26. The minimum atomic E-state index is -0.0721. The summed E-state index contributed by atoms with van der Waals surface area (Å²) in [5.41, 5.74) is 9.45. The zero-order valence-electron chi connectivity index (χ0n) is 17.7. The van der Waals surface area contributed by atoms with Crippen molar-refractivity contribution in [2.45, 2.75) is 33.2 Å². The van der Waals surface area contributed by atoms with Crippen LogP contribution < -0.4 is 11.3 Å². The molecule has 5 rings (SSSR count). The van der Waals surface area contributed by atoms with E-state index >= 15 is 0 Å². The molecule has 2 N–H and O–H groups in total. The van der Waals surface area contributed by atoms with E-state index in [9.17, 15) is 4.79 Å². The molecule has 8 nitrogen and oxygen atoms in total. The molecule has 0 bridgehead atoms. The van der Waals surface area contributed by atoms with Crippen LogP contribution in [0.25, 0.3) is 26.9 Å². The van der Waals surface area contributed by atoms with E-state index in [1.165, 1.54) is 17.7 Å². The number of hydrogen-bond donors (Lipinski definition) is 1. The van der Waals surface area contributed by atoms with Crippen molar-refractivity contribution in [3.63, 3.8) is 0 Å². The van der Waals surface area contributed by atoms with Crippen LogP contribution in [0.15, 0.2) is 40.8 Å². The van der Waals surface area contributed by atoms with Gasteiger partial charge in [-0.2, -0.15) is 5.10 Å². The highest BCUT2D eigenvalue weighted by Gasteiger charge is 2.21. The maximum atomic E-state index is 13.8. The van der Waals surface area contributed by atoms with Crippen LogP contribution in [0.5, 0.6) is 0 Å². The summed E-state index contributed by atoms with van der Waals surface area (Å²) in [6.45, 7) is 6.46. The summed E-state index contributed by atoms with van der Waals surface area (Å²) in [5, 5.41) is 7.96. The van der Waals surface area contributed by atoms with Gasteiger partial charge in [0, 0.05) is 0 Å². The Kier molecular flexibility index (Phi) is 5.20. The molecule has 32 heavy (non-hydrogen) atoms. The zero-order valence-corrected chi connectivity index (χ0v) is 20.7. The van der Waals surface area contributed by atoms with Crippen LogP contribution >= 0.6 is 33.9 Å². The van der Waals surface area contributed by atoms with E-state index in [0.29, 0.717) is 31.8 Å². The SMILES string of the molecule is Cc1csc2nc(Cn3nc(I)c4c(N)ncnc43)n(-c3ccccc3C(C)C)c(=O)c12. The highest BCUT2D eigenvalue weighted by atomic mass is 127. The number of para-hydroxylation sites is 1. The van der Waals surface area contributed by atoms with Crippen LogP contribution in [0.1, 0.15) is 36.7 Å². The van der Waals surface area contributed by atoms with Crippen molar-refractivity contribution in [1.29, 1.82) is 0 Å². The van der Waals surface area contributed by atoms with Crippen molar-refractivity contribution in [2.24, 2.45) is 0 Å². The van der Waals surface area contributed by atoms with Crippen LogP contribution in [0.2, 0.25) is 0 Å². The van der Waals surface area contributed by atoms with Crippen molar-refractivity contribution in [1.82, 2.24) is 29.3 Å². The fourth-order valence-electron chi connectivity index (χ4n) is 3.93. The quantitative estimate of drug-likeness (QED) is 0.332. The molecule has 0 saturated heterocycles. The normalized spacial score (nSPS) is 11.8. The van der Waals surface area contributed by atoms with Crippen LogP contribution in [-0.4, -0.2) is 29.3 Å². The van der Waals surface area contributed by atoms with Crippen LogP contribution in [0.4, 0.5) is 5.82 Å². The second-order valence-corrected chi connectivity index (χ2v) is 9.77. The Bertz CT molecular complexity index is 1550. The highest BCUT2D eigenvalue weighted by Crippen LogP contribution is 2.28. The Morgan fingerprint density at radius 2 is 1.97 bits per heavy atom. The second-order valence-electron chi connectivity index (χ2n) is 7.89. The first-order valence-electron chi connectivity index (χ1n) is 10.1.